The van der Waals surface area contributed by atoms with Crippen molar-refractivity contribution in [2.45, 2.75) is 76.0 Å². The molecule has 0 radical (unpaired) electrons. The number of fused-ring (bicyclic) bond motifs is 1. The zero-order valence-corrected chi connectivity index (χ0v) is 17.3. The Labute approximate surface area is 149 Å². The summed E-state index contributed by atoms with van der Waals surface area (Å²) in [7, 11) is 0.0107. The molecule has 2 heteroatoms. The van der Waals surface area contributed by atoms with Gasteiger partial charge in [-0.05, 0) is 81.8 Å². The minimum Gasteiger partial charge on any atom is -0.0688 e. The molecule has 2 fully saturated rings. The molecule has 0 aromatic heterocycles. The molecule has 0 amide bonds. The molecule has 2 aromatic rings. The highest BCUT2D eigenvalue weighted by molar-refractivity contribution is 7.73. The Morgan fingerprint density at radius 3 is 1.29 bits per heavy atom. The fraction of sp³-hybridized carbons (Fsp3) is 0.545. The summed E-state index contributed by atoms with van der Waals surface area (Å²) in [6, 6.07) is 14.2. The molecule has 2 aromatic carbocycles. The number of benzene rings is 2. The third-order valence-corrected chi connectivity index (χ3v) is 13.2. The van der Waals surface area contributed by atoms with Gasteiger partial charge in [-0.25, -0.2) is 0 Å². The molecule has 0 spiro atoms. The first-order valence-electron chi connectivity index (χ1n) is 9.65. The standard InChI is InChI=1S/C22H30P2/c1-15-9-10-16(2)23(15)21-13-19-7-5-6-8-20(19)14-22(21)24-17(3)11-12-18(24)4/h5-8,13-18H,9-12H2,1-4H3. The summed E-state index contributed by atoms with van der Waals surface area (Å²) in [5.74, 6) is 0. The van der Waals surface area contributed by atoms with E-state index in [1.807, 2.05) is 0 Å². The number of rotatable bonds is 2. The van der Waals surface area contributed by atoms with E-state index in [-0.39, 0.29) is 15.8 Å². The predicted octanol–water partition coefficient (Wildman–Crippen LogP) is 6.20. The maximum Gasteiger partial charge on any atom is -0.0152 e. The average molecular weight is 356 g/mol. The summed E-state index contributed by atoms with van der Waals surface area (Å²) in [5, 5.41) is 6.49. The van der Waals surface area contributed by atoms with E-state index >= 15 is 0 Å². The van der Waals surface area contributed by atoms with Gasteiger partial charge in [0.1, 0.15) is 0 Å². The van der Waals surface area contributed by atoms with Crippen LogP contribution in [0.2, 0.25) is 0 Å². The van der Waals surface area contributed by atoms with Gasteiger partial charge in [-0.15, -0.1) is 0 Å². The molecule has 0 bridgehead atoms. The highest BCUT2D eigenvalue weighted by atomic mass is 31.1. The molecule has 0 N–H and O–H groups in total. The fourth-order valence-electron chi connectivity index (χ4n) is 4.97. The van der Waals surface area contributed by atoms with Gasteiger partial charge in [0.25, 0.3) is 0 Å². The molecule has 2 heterocycles. The monoisotopic (exact) mass is 356 g/mol. The SMILES string of the molecule is CC1CCC(C)P1c1cc2ccccc2cc1P1C(C)CCC1C. The van der Waals surface area contributed by atoms with Crippen LogP contribution < -0.4 is 10.6 Å². The van der Waals surface area contributed by atoms with E-state index in [0.29, 0.717) is 0 Å². The van der Waals surface area contributed by atoms with Crippen LogP contribution in [-0.4, -0.2) is 22.6 Å². The average Bonchev–Trinajstić information content (AvgIpc) is 3.08. The molecule has 0 aliphatic carbocycles. The van der Waals surface area contributed by atoms with E-state index in [4.69, 9.17) is 0 Å². The Hall–Kier alpha value is -0.440. The fourth-order valence-corrected chi connectivity index (χ4v) is 12.2. The van der Waals surface area contributed by atoms with Crippen molar-refractivity contribution in [1.29, 1.82) is 0 Å². The van der Waals surface area contributed by atoms with Gasteiger partial charge in [-0.1, -0.05) is 67.8 Å². The van der Waals surface area contributed by atoms with Gasteiger partial charge in [0, 0.05) is 0 Å². The molecule has 2 aliphatic heterocycles. The smallest absolute Gasteiger partial charge is 0.0152 e. The largest absolute Gasteiger partial charge is 0.0688 e. The predicted molar refractivity (Wildman–Crippen MR) is 113 cm³/mol. The summed E-state index contributed by atoms with van der Waals surface area (Å²) in [5.41, 5.74) is 3.60. The van der Waals surface area contributed by atoms with Crippen molar-refractivity contribution in [2.75, 3.05) is 0 Å². The topological polar surface area (TPSA) is 0 Å². The molecule has 0 saturated carbocycles. The Morgan fingerprint density at radius 1 is 0.625 bits per heavy atom. The van der Waals surface area contributed by atoms with Crippen molar-refractivity contribution < 1.29 is 0 Å². The van der Waals surface area contributed by atoms with Crippen molar-refractivity contribution >= 4 is 37.2 Å². The lowest BCUT2D eigenvalue weighted by molar-refractivity contribution is 0.777. The normalized spacial score (nSPS) is 36.5. The summed E-state index contributed by atoms with van der Waals surface area (Å²) < 4.78 is 0. The highest BCUT2D eigenvalue weighted by Crippen LogP contribution is 2.59. The molecular formula is C22H30P2. The van der Waals surface area contributed by atoms with Gasteiger partial charge < -0.3 is 0 Å². The Morgan fingerprint density at radius 2 is 0.958 bits per heavy atom. The lowest BCUT2D eigenvalue weighted by Gasteiger charge is -2.30. The van der Waals surface area contributed by atoms with Gasteiger partial charge >= 0.3 is 0 Å². The zero-order valence-electron chi connectivity index (χ0n) is 15.5. The van der Waals surface area contributed by atoms with Crippen LogP contribution in [0.3, 0.4) is 0 Å². The van der Waals surface area contributed by atoms with Gasteiger partial charge in [0.15, 0.2) is 0 Å². The van der Waals surface area contributed by atoms with E-state index in [9.17, 15) is 0 Å². The molecular weight excluding hydrogens is 326 g/mol. The third-order valence-electron chi connectivity index (χ3n) is 6.30. The van der Waals surface area contributed by atoms with Crippen LogP contribution >= 0.6 is 15.8 Å². The molecule has 24 heavy (non-hydrogen) atoms. The van der Waals surface area contributed by atoms with Crippen molar-refractivity contribution in [2.24, 2.45) is 0 Å². The van der Waals surface area contributed by atoms with Gasteiger partial charge in [-0.3, -0.25) is 0 Å². The molecule has 4 atom stereocenters. The van der Waals surface area contributed by atoms with E-state index in [2.05, 4.69) is 64.1 Å². The van der Waals surface area contributed by atoms with E-state index in [0.717, 1.165) is 22.6 Å². The molecule has 2 aliphatic rings. The first kappa shape index (κ1) is 17.0. The molecule has 4 rings (SSSR count). The second-order valence-corrected chi connectivity index (χ2v) is 14.2. The highest BCUT2D eigenvalue weighted by Gasteiger charge is 2.37. The third kappa shape index (κ3) is 2.85. The summed E-state index contributed by atoms with van der Waals surface area (Å²) in [6.45, 7) is 10.1. The minimum atomic E-state index is 0.00533. The molecule has 128 valence electrons. The minimum absolute atomic E-state index is 0.00533. The van der Waals surface area contributed by atoms with Crippen molar-refractivity contribution in [3.8, 4) is 0 Å². The summed E-state index contributed by atoms with van der Waals surface area (Å²) in [4.78, 5) is 0. The summed E-state index contributed by atoms with van der Waals surface area (Å²) >= 11 is 0. The van der Waals surface area contributed by atoms with Crippen molar-refractivity contribution in [1.82, 2.24) is 0 Å². The zero-order chi connectivity index (χ0) is 16.8. The van der Waals surface area contributed by atoms with Crippen LogP contribution in [0.15, 0.2) is 36.4 Å². The first-order valence-corrected chi connectivity index (χ1v) is 12.6. The Kier molecular flexibility index (Phi) is 4.75. The van der Waals surface area contributed by atoms with E-state index in [1.165, 1.54) is 36.5 Å². The Balaban J connectivity index is 1.91. The van der Waals surface area contributed by atoms with E-state index < -0.39 is 0 Å². The lowest BCUT2D eigenvalue weighted by Crippen LogP contribution is -2.29. The molecule has 2 saturated heterocycles. The van der Waals surface area contributed by atoms with Crippen LogP contribution in [-0.2, 0) is 0 Å². The molecule has 0 nitrogen and oxygen atoms in total. The van der Waals surface area contributed by atoms with Crippen molar-refractivity contribution in [3.05, 3.63) is 36.4 Å². The van der Waals surface area contributed by atoms with Crippen LogP contribution in [0.5, 0.6) is 0 Å². The Bertz CT molecular complexity index is 655. The lowest BCUT2D eigenvalue weighted by atomic mass is 10.1. The van der Waals surface area contributed by atoms with Crippen LogP contribution in [0, 0.1) is 0 Å². The first-order chi connectivity index (χ1) is 11.6. The summed E-state index contributed by atoms with van der Waals surface area (Å²) in [6.07, 6.45) is 5.73. The quantitative estimate of drug-likeness (QED) is 0.562. The number of hydrogen-bond donors (Lipinski definition) is 0. The maximum absolute atomic E-state index is 2.61. The van der Waals surface area contributed by atoms with Crippen LogP contribution in [0.25, 0.3) is 10.8 Å². The van der Waals surface area contributed by atoms with Gasteiger partial charge in [-0.2, -0.15) is 0 Å². The van der Waals surface area contributed by atoms with Crippen molar-refractivity contribution in [3.63, 3.8) is 0 Å². The van der Waals surface area contributed by atoms with E-state index in [1.54, 1.807) is 10.6 Å². The molecule has 4 unspecified atom stereocenters. The second kappa shape index (κ2) is 6.70. The number of hydrogen-bond acceptors (Lipinski definition) is 0. The van der Waals surface area contributed by atoms with Gasteiger partial charge in [0.2, 0.25) is 0 Å². The van der Waals surface area contributed by atoms with Gasteiger partial charge in [0.05, 0.1) is 0 Å². The van der Waals surface area contributed by atoms with Crippen LogP contribution in [0.4, 0.5) is 0 Å². The van der Waals surface area contributed by atoms with Crippen LogP contribution in [0.1, 0.15) is 53.4 Å². The maximum atomic E-state index is 2.61. The second-order valence-electron chi connectivity index (χ2n) is 8.05.